The number of ether oxygens (including phenoxy) is 1. The Morgan fingerprint density at radius 1 is 1.00 bits per heavy atom. The largest absolute Gasteiger partial charge is 0.484 e. The van der Waals surface area contributed by atoms with E-state index < -0.39 is 5.91 Å². The molecule has 0 aliphatic carbocycles. The van der Waals surface area contributed by atoms with Crippen molar-refractivity contribution in [2.24, 2.45) is 0 Å². The van der Waals surface area contributed by atoms with Crippen LogP contribution in [0.5, 0.6) is 5.75 Å². The van der Waals surface area contributed by atoms with E-state index in [1.807, 2.05) is 18.2 Å². The zero-order valence-electron chi connectivity index (χ0n) is 14.7. The topological polar surface area (TPSA) is 106 Å². The van der Waals surface area contributed by atoms with Crippen LogP contribution in [0.1, 0.15) is 10.7 Å². The first-order chi connectivity index (χ1) is 13.6. The highest BCUT2D eigenvalue weighted by atomic mass is 19.1. The number of halogens is 1. The number of amides is 2. The lowest BCUT2D eigenvalue weighted by Gasteiger charge is -2.07. The van der Waals surface area contributed by atoms with E-state index >= 15 is 0 Å². The molecule has 1 aromatic heterocycles. The van der Waals surface area contributed by atoms with Gasteiger partial charge < -0.3 is 19.9 Å². The van der Waals surface area contributed by atoms with Crippen molar-refractivity contribution in [3.8, 4) is 17.1 Å². The molecule has 8 nitrogen and oxygen atoms in total. The molecule has 0 saturated heterocycles. The second-order valence-corrected chi connectivity index (χ2v) is 5.64. The maximum absolute atomic E-state index is 12.9. The second-order valence-electron chi connectivity index (χ2n) is 5.64. The van der Waals surface area contributed by atoms with Gasteiger partial charge in [0, 0.05) is 18.7 Å². The molecule has 0 radical (unpaired) electrons. The monoisotopic (exact) mass is 384 g/mol. The fourth-order valence-electron chi connectivity index (χ4n) is 2.20. The lowest BCUT2D eigenvalue weighted by Crippen LogP contribution is -2.36. The molecule has 2 aromatic carbocycles. The van der Waals surface area contributed by atoms with Gasteiger partial charge in [-0.15, -0.1) is 0 Å². The Bertz CT molecular complexity index is 929. The van der Waals surface area contributed by atoms with Crippen molar-refractivity contribution in [1.29, 1.82) is 0 Å². The van der Waals surface area contributed by atoms with E-state index in [-0.39, 0.29) is 43.1 Å². The van der Waals surface area contributed by atoms with Gasteiger partial charge in [0.1, 0.15) is 11.6 Å². The van der Waals surface area contributed by atoms with Gasteiger partial charge in [-0.2, -0.15) is 4.98 Å². The molecular weight excluding hydrogens is 367 g/mol. The van der Waals surface area contributed by atoms with E-state index in [4.69, 9.17) is 9.26 Å². The third-order valence-corrected chi connectivity index (χ3v) is 3.57. The van der Waals surface area contributed by atoms with Crippen molar-refractivity contribution in [3.63, 3.8) is 0 Å². The van der Waals surface area contributed by atoms with Crippen molar-refractivity contribution in [1.82, 2.24) is 20.8 Å². The zero-order valence-corrected chi connectivity index (χ0v) is 14.7. The minimum absolute atomic E-state index is 0.122. The molecule has 2 amide bonds. The average molecular weight is 384 g/mol. The Morgan fingerprint density at radius 3 is 2.46 bits per heavy atom. The van der Waals surface area contributed by atoms with Crippen LogP contribution in [0.25, 0.3) is 11.4 Å². The standard InChI is InChI=1S/C19H17FN4O4/c20-14-8-6-13(7-9-14)17-23-19(28-24-17)18(26)22-11-10-21-16(25)12-27-15-4-2-1-3-5-15/h1-9H,10-12H2,(H,21,25)(H,22,26). The van der Waals surface area contributed by atoms with Gasteiger partial charge >= 0.3 is 11.8 Å². The van der Waals surface area contributed by atoms with Crippen molar-refractivity contribution in [2.75, 3.05) is 19.7 Å². The summed E-state index contributed by atoms with van der Waals surface area (Å²) in [6, 6.07) is 14.4. The van der Waals surface area contributed by atoms with Gasteiger partial charge in [0.15, 0.2) is 6.61 Å². The van der Waals surface area contributed by atoms with E-state index in [9.17, 15) is 14.0 Å². The minimum atomic E-state index is -0.573. The van der Waals surface area contributed by atoms with E-state index in [0.717, 1.165) is 0 Å². The van der Waals surface area contributed by atoms with Crippen LogP contribution >= 0.6 is 0 Å². The summed E-state index contributed by atoms with van der Waals surface area (Å²) in [6.07, 6.45) is 0. The molecule has 0 saturated carbocycles. The van der Waals surface area contributed by atoms with Gasteiger partial charge in [0.05, 0.1) is 0 Å². The quantitative estimate of drug-likeness (QED) is 0.574. The summed E-state index contributed by atoms with van der Waals surface area (Å²) < 4.78 is 23.1. The van der Waals surface area contributed by atoms with E-state index in [0.29, 0.717) is 11.3 Å². The number of rotatable bonds is 8. The molecule has 9 heteroatoms. The summed E-state index contributed by atoms with van der Waals surface area (Å²) in [7, 11) is 0. The van der Waals surface area contributed by atoms with Crippen LogP contribution in [0.2, 0.25) is 0 Å². The van der Waals surface area contributed by atoms with Crippen molar-refractivity contribution < 1.29 is 23.2 Å². The third kappa shape index (κ3) is 5.37. The molecule has 3 aromatic rings. The van der Waals surface area contributed by atoms with E-state index in [1.165, 1.54) is 24.3 Å². The first kappa shape index (κ1) is 19.0. The average Bonchev–Trinajstić information content (AvgIpc) is 3.21. The molecule has 0 unspecified atom stereocenters. The summed E-state index contributed by atoms with van der Waals surface area (Å²) in [5, 5.41) is 8.86. The predicted octanol–water partition coefficient (Wildman–Crippen LogP) is 1.80. The van der Waals surface area contributed by atoms with Gasteiger partial charge in [0.25, 0.3) is 5.91 Å². The highest BCUT2D eigenvalue weighted by Gasteiger charge is 2.15. The molecule has 3 rings (SSSR count). The number of hydrogen-bond donors (Lipinski definition) is 2. The van der Waals surface area contributed by atoms with Crippen LogP contribution in [0.4, 0.5) is 4.39 Å². The molecular formula is C19H17FN4O4. The van der Waals surface area contributed by atoms with Crippen LogP contribution in [0.3, 0.4) is 0 Å². The Morgan fingerprint density at radius 2 is 1.71 bits per heavy atom. The maximum atomic E-state index is 12.9. The summed E-state index contributed by atoms with van der Waals surface area (Å²) in [5.41, 5.74) is 0.523. The Kier molecular flexibility index (Phi) is 6.29. The van der Waals surface area contributed by atoms with Gasteiger partial charge in [0.2, 0.25) is 5.82 Å². The maximum Gasteiger partial charge on any atom is 0.316 e. The second kappa shape index (κ2) is 9.26. The van der Waals surface area contributed by atoms with Crippen molar-refractivity contribution in [3.05, 3.63) is 66.3 Å². The summed E-state index contributed by atoms with van der Waals surface area (Å²) in [6.45, 7) is 0.258. The van der Waals surface area contributed by atoms with Gasteiger partial charge in [-0.1, -0.05) is 23.4 Å². The molecule has 0 bridgehead atoms. The lowest BCUT2D eigenvalue weighted by molar-refractivity contribution is -0.123. The molecule has 0 aliphatic rings. The number of para-hydroxylation sites is 1. The number of benzene rings is 2. The SMILES string of the molecule is O=C(COc1ccccc1)NCCNC(=O)c1nc(-c2ccc(F)cc2)no1. The minimum Gasteiger partial charge on any atom is -0.484 e. The summed E-state index contributed by atoms with van der Waals surface area (Å²) >= 11 is 0. The number of carbonyl (C=O) groups excluding carboxylic acids is 2. The Hall–Kier alpha value is -3.75. The number of carbonyl (C=O) groups is 2. The van der Waals surface area contributed by atoms with Crippen molar-refractivity contribution in [2.45, 2.75) is 0 Å². The number of aromatic nitrogens is 2. The first-order valence-corrected chi connectivity index (χ1v) is 8.44. The zero-order chi connectivity index (χ0) is 19.8. The van der Waals surface area contributed by atoms with E-state index in [2.05, 4.69) is 20.8 Å². The summed E-state index contributed by atoms with van der Waals surface area (Å²) in [4.78, 5) is 27.7. The molecule has 144 valence electrons. The predicted molar refractivity (Wildman–Crippen MR) is 97.0 cm³/mol. The molecule has 0 spiro atoms. The lowest BCUT2D eigenvalue weighted by atomic mass is 10.2. The Balaban J connectivity index is 1.38. The van der Waals surface area contributed by atoms with Crippen LogP contribution in [-0.2, 0) is 4.79 Å². The van der Waals surface area contributed by atoms with Crippen LogP contribution in [0.15, 0.2) is 59.1 Å². The fraction of sp³-hybridized carbons (Fsp3) is 0.158. The fourth-order valence-corrected chi connectivity index (χ4v) is 2.20. The molecule has 0 atom stereocenters. The number of nitrogens with zero attached hydrogens (tertiary/aromatic N) is 2. The highest BCUT2D eigenvalue weighted by Crippen LogP contribution is 2.15. The number of nitrogens with one attached hydrogen (secondary N) is 2. The summed E-state index contributed by atoms with van der Waals surface area (Å²) in [5.74, 6) is -0.722. The molecule has 0 aliphatic heterocycles. The first-order valence-electron chi connectivity index (χ1n) is 8.44. The van der Waals surface area contributed by atoms with Crippen molar-refractivity contribution >= 4 is 11.8 Å². The highest BCUT2D eigenvalue weighted by molar-refractivity contribution is 5.89. The van der Waals surface area contributed by atoms with Gasteiger partial charge in [-0.3, -0.25) is 9.59 Å². The molecule has 2 N–H and O–H groups in total. The van der Waals surface area contributed by atoms with Crippen LogP contribution in [-0.4, -0.2) is 41.7 Å². The van der Waals surface area contributed by atoms with Crippen LogP contribution < -0.4 is 15.4 Å². The van der Waals surface area contributed by atoms with E-state index in [1.54, 1.807) is 12.1 Å². The molecule has 0 fully saturated rings. The normalized spacial score (nSPS) is 10.3. The Labute approximate surface area is 159 Å². The third-order valence-electron chi connectivity index (χ3n) is 3.57. The smallest absolute Gasteiger partial charge is 0.316 e. The van der Waals surface area contributed by atoms with Gasteiger partial charge in [-0.25, -0.2) is 4.39 Å². The molecule has 1 heterocycles. The van der Waals surface area contributed by atoms with Gasteiger partial charge in [-0.05, 0) is 36.4 Å². The van der Waals surface area contributed by atoms with Crippen LogP contribution in [0, 0.1) is 5.82 Å². The molecule has 28 heavy (non-hydrogen) atoms. The number of hydrogen-bond acceptors (Lipinski definition) is 6.